The molecule has 8 nitrogen and oxygen atoms in total. The lowest BCUT2D eigenvalue weighted by atomic mass is 10.0. The fourth-order valence-corrected chi connectivity index (χ4v) is 4.03. The summed E-state index contributed by atoms with van der Waals surface area (Å²) >= 11 is 0. The molecule has 0 bridgehead atoms. The molecule has 0 aliphatic rings. The molecule has 0 saturated heterocycles. The molecule has 0 saturated carbocycles. The zero-order valence-electron chi connectivity index (χ0n) is 18.2. The van der Waals surface area contributed by atoms with E-state index in [1.165, 1.54) is 0 Å². The standard InChI is InChI=1S/C23H27N7O/c1-4-6-7-21-16(3)29(5-2)23(31)30(21)15-17-8-10-18(11-9-17)20-14-24-13-12-19(20)22-25-27-28-26-22/h8-14H,4-7,15H2,1-3H3,(H,25,26,27,28). The molecule has 160 valence electrons. The van der Waals surface area contributed by atoms with Gasteiger partial charge in [0.15, 0.2) is 5.82 Å². The molecule has 0 radical (unpaired) electrons. The van der Waals surface area contributed by atoms with Crippen LogP contribution < -0.4 is 5.69 Å². The Morgan fingerprint density at radius 2 is 1.84 bits per heavy atom. The second-order valence-electron chi connectivity index (χ2n) is 7.62. The van der Waals surface area contributed by atoms with Gasteiger partial charge in [0.05, 0.1) is 6.54 Å². The van der Waals surface area contributed by atoms with E-state index in [1.54, 1.807) is 6.20 Å². The number of benzene rings is 1. The third-order valence-corrected chi connectivity index (χ3v) is 5.72. The number of tetrazole rings is 1. The van der Waals surface area contributed by atoms with Gasteiger partial charge in [-0.3, -0.25) is 14.1 Å². The van der Waals surface area contributed by atoms with Crippen LogP contribution in [-0.2, 0) is 19.5 Å². The molecule has 3 aromatic heterocycles. The first kappa shape index (κ1) is 20.7. The summed E-state index contributed by atoms with van der Waals surface area (Å²) in [6.45, 7) is 7.51. The Bertz CT molecular complexity index is 1200. The molecular formula is C23H27N7O. The number of rotatable bonds is 8. The van der Waals surface area contributed by atoms with Crippen LogP contribution in [0.5, 0.6) is 0 Å². The van der Waals surface area contributed by atoms with Crippen molar-refractivity contribution in [3.05, 3.63) is 70.2 Å². The molecule has 4 rings (SSSR count). The number of hydrogen-bond donors (Lipinski definition) is 1. The lowest BCUT2D eigenvalue weighted by Crippen LogP contribution is -2.25. The third kappa shape index (κ3) is 4.05. The van der Waals surface area contributed by atoms with Crippen molar-refractivity contribution < 1.29 is 0 Å². The summed E-state index contributed by atoms with van der Waals surface area (Å²) in [7, 11) is 0. The molecule has 0 amide bonds. The molecule has 0 spiro atoms. The SMILES string of the molecule is CCCCc1c(C)n(CC)c(=O)n1Cc1ccc(-c2cnccc2-c2nnn[nH]2)cc1. The normalized spacial score (nSPS) is 11.2. The Morgan fingerprint density at radius 1 is 1.03 bits per heavy atom. The number of aromatic nitrogens is 7. The van der Waals surface area contributed by atoms with Gasteiger partial charge in [-0.25, -0.2) is 9.89 Å². The number of H-pyrrole nitrogens is 1. The number of unbranched alkanes of at least 4 members (excludes halogenated alkanes) is 1. The van der Waals surface area contributed by atoms with Gasteiger partial charge in [-0.1, -0.05) is 37.6 Å². The molecule has 0 aliphatic carbocycles. The van der Waals surface area contributed by atoms with Crippen LogP contribution >= 0.6 is 0 Å². The van der Waals surface area contributed by atoms with E-state index in [4.69, 9.17) is 0 Å². The van der Waals surface area contributed by atoms with E-state index in [0.29, 0.717) is 18.9 Å². The van der Waals surface area contributed by atoms with Gasteiger partial charge < -0.3 is 0 Å². The first-order chi connectivity index (χ1) is 15.1. The van der Waals surface area contributed by atoms with Crippen molar-refractivity contribution in [3.63, 3.8) is 0 Å². The minimum Gasteiger partial charge on any atom is -0.297 e. The van der Waals surface area contributed by atoms with Crippen LogP contribution in [0.2, 0.25) is 0 Å². The zero-order valence-corrected chi connectivity index (χ0v) is 18.2. The van der Waals surface area contributed by atoms with Gasteiger partial charge in [0.25, 0.3) is 0 Å². The summed E-state index contributed by atoms with van der Waals surface area (Å²) in [5.74, 6) is 0.602. The predicted molar refractivity (Wildman–Crippen MR) is 120 cm³/mol. The lowest BCUT2D eigenvalue weighted by molar-refractivity contribution is 0.645. The van der Waals surface area contributed by atoms with Crippen LogP contribution in [0.25, 0.3) is 22.5 Å². The maximum absolute atomic E-state index is 13.0. The quantitative estimate of drug-likeness (QED) is 0.473. The van der Waals surface area contributed by atoms with Crippen LogP contribution in [0.15, 0.2) is 47.5 Å². The molecule has 8 heteroatoms. The number of nitrogens with zero attached hydrogens (tertiary/aromatic N) is 6. The Kier molecular flexibility index (Phi) is 6.06. The molecule has 1 N–H and O–H groups in total. The van der Waals surface area contributed by atoms with Gasteiger partial charge >= 0.3 is 5.69 Å². The second kappa shape index (κ2) is 9.07. The summed E-state index contributed by atoms with van der Waals surface area (Å²) in [6, 6.07) is 10.1. The van der Waals surface area contributed by atoms with Gasteiger partial charge in [0.2, 0.25) is 0 Å². The predicted octanol–water partition coefficient (Wildman–Crippen LogP) is 3.61. The monoisotopic (exact) mass is 417 g/mol. The van der Waals surface area contributed by atoms with E-state index in [-0.39, 0.29) is 5.69 Å². The van der Waals surface area contributed by atoms with E-state index >= 15 is 0 Å². The number of pyridine rings is 1. The molecular weight excluding hydrogens is 390 g/mol. The minimum absolute atomic E-state index is 0.0718. The van der Waals surface area contributed by atoms with Crippen LogP contribution in [0.1, 0.15) is 43.6 Å². The Labute approximate surface area is 181 Å². The molecule has 0 aliphatic heterocycles. The Hall–Kier alpha value is -3.55. The first-order valence-electron chi connectivity index (χ1n) is 10.7. The summed E-state index contributed by atoms with van der Waals surface area (Å²) in [5, 5.41) is 14.2. The largest absolute Gasteiger partial charge is 0.328 e. The zero-order chi connectivity index (χ0) is 21.8. The van der Waals surface area contributed by atoms with E-state index in [9.17, 15) is 4.79 Å². The average molecular weight is 418 g/mol. The maximum atomic E-state index is 13.0. The number of imidazole rings is 1. The topological polar surface area (TPSA) is 94.3 Å². The fourth-order valence-electron chi connectivity index (χ4n) is 4.03. The highest BCUT2D eigenvalue weighted by Crippen LogP contribution is 2.29. The van der Waals surface area contributed by atoms with E-state index in [1.807, 2.05) is 28.3 Å². The van der Waals surface area contributed by atoms with Gasteiger partial charge in [-0.05, 0) is 54.3 Å². The van der Waals surface area contributed by atoms with E-state index in [0.717, 1.165) is 52.9 Å². The van der Waals surface area contributed by atoms with Crippen LogP contribution in [0, 0.1) is 6.92 Å². The van der Waals surface area contributed by atoms with Crippen molar-refractivity contribution >= 4 is 0 Å². The highest BCUT2D eigenvalue weighted by Gasteiger charge is 2.16. The summed E-state index contributed by atoms with van der Waals surface area (Å²) in [4.78, 5) is 17.2. The first-order valence-corrected chi connectivity index (χ1v) is 10.7. The molecule has 0 atom stereocenters. The van der Waals surface area contributed by atoms with Crippen molar-refractivity contribution in [2.24, 2.45) is 0 Å². The maximum Gasteiger partial charge on any atom is 0.328 e. The van der Waals surface area contributed by atoms with Gasteiger partial charge in [-0.15, -0.1) is 5.10 Å². The van der Waals surface area contributed by atoms with Crippen LogP contribution in [0.3, 0.4) is 0 Å². The van der Waals surface area contributed by atoms with Crippen molar-refractivity contribution in [2.75, 3.05) is 0 Å². The Balaban J connectivity index is 1.65. The molecule has 0 unspecified atom stereocenters. The summed E-state index contributed by atoms with van der Waals surface area (Å²) < 4.78 is 3.80. The molecule has 1 aromatic carbocycles. The van der Waals surface area contributed by atoms with Crippen molar-refractivity contribution in [1.29, 1.82) is 0 Å². The highest BCUT2D eigenvalue weighted by molar-refractivity contribution is 5.79. The van der Waals surface area contributed by atoms with Gasteiger partial charge in [0, 0.05) is 41.5 Å². The van der Waals surface area contributed by atoms with Gasteiger partial charge in [0.1, 0.15) is 0 Å². The molecule has 3 heterocycles. The second-order valence-corrected chi connectivity index (χ2v) is 7.62. The number of nitrogens with one attached hydrogen (secondary N) is 1. The smallest absolute Gasteiger partial charge is 0.297 e. The summed E-state index contributed by atoms with van der Waals surface area (Å²) in [5.41, 5.74) is 6.24. The van der Waals surface area contributed by atoms with Crippen molar-refractivity contribution in [1.82, 2.24) is 34.7 Å². The average Bonchev–Trinajstić information content (AvgIpc) is 3.41. The number of aromatic amines is 1. The van der Waals surface area contributed by atoms with Crippen LogP contribution in [0.4, 0.5) is 0 Å². The van der Waals surface area contributed by atoms with Crippen molar-refractivity contribution in [3.8, 4) is 22.5 Å². The Morgan fingerprint density at radius 3 is 2.52 bits per heavy atom. The fraction of sp³-hybridized carbons (Fsp3) is 0.348. The molecule has 4 aromatic rings. The lowest BCUT2D eigenvalue weighted by Gasteiger charge is -2.10. The van der Waals surface area contributed by atoms with E-state index < -0.39 is 0 Å². The third-order valence-electron chi connectivity index (χ3n) is 5.72. The number of hydrogen-bond acceptors (Lipinski definition) is 5. The van der Waals surface area contributed by atoms with Gasteiger partial charge in [-0.2, -0.15) is 0 Å². The molecule has 0 fully saturated rings. The highest BCUT2D eigenvalue weighted by atomic mass is 16.1. The van der Waals surface area contributed by atoms with Crippen molar-refractivity contribution in [2.45, 2.75) is 53.1 Å². The summed E-state index contributed by atoms with van der Waals surface area (Å²) in [6.07, 6.45) is 6.64. The minimum atomic E-state index is 0.0718. The van der Waals surface area contributed by atoms with E-state index in [2.05, 4.69) is 63.7 Å². The molecule has 31 heavy (non-hydrogen) atoms. The van der Waals surface area contributed by atoms with Crippen LogP contribution in [-0.4, -0.2) is 34.7 Å².